The lowest BCUT2D eigenvalue weighted by Gasteiger charge is -2.15. The van der Waals surface area contributed by atoms with E-state index >= 15 is 0 Å². The quantitative estimate of drug-likeness (QED) is 0.651. The first kappa shape index (κ1) is 11.1. The van der Waals surface area contributed by atoms with Gasteiger partial charge in [0.2, 0.25) is 0 Å². The highest BCUT2D eigenvalue weighted by molar-refractivity contribution is 8.01. The summed E-state index contributed by atoms with van der Waals surface area (Å²) in [6.45, 7) is 11.3. The maximum Gasteiger partial charge on any atom is 0.0604 e. The Morgan fingerprint density at radius 1 is 1.23 bits per heavy atom. The number of thioether (sulfide) groups is 1. The maximum absolute atomic E-state index is 2.27. The summed E-state index contributed by atoms with van der Waals surface area (Å²) in [7, 11) is 0. The Morgan fingerprint density at radius 3 is 2.23 bits per heavy atom. The molecule has 0 radical (unpaired) electrons. The van der Waals surface area contributed by atoms with Crippen LogP contribution in [0.1, 0.15) is 39.5 Å². The van der Waals surface area contributed by atoms with Gasteiger partial charge in [0.15, 0.2) is 0 Å². The first-order valence-electron chi connectivity index (χ1n) is 4.66. The van der Waals surface area contributed by atoms with Crippen molar-refractivity contribution < 1.29 is 0 Å². The van der Waals surface area contributed by atoms with Gasteiger partial charge < -0.3 is 0 Å². The van der Waals surface area contributed by atoms with Crippen molar-refractivity contribution >= 4 is 23.1 Å². The average Bonchev–Trinajstić information content (AvgIpc) is 2.32. The molecule has 0 aliphatic heterocycles. The Hall–Kier alpha value is 0.0500. The van der Waals surface area contributed by atoms with Gasteiger partial charge in [0.1, 0.15) is 0 Å². The van der Waals surface area contributed by atoms with Crippen LogP contribution in [-0.2, 0) is 5.41 Å². The van der Waals surface area contributed by atoms with Crippen LogP contribution in [0.15, 0.2) is 16.3 Å². The number of hydrogen-bond donors (Lipinski definition) is 0. The second kappa shape index (κ2) is 4.05. The molecule has 74 valence electrons. The molecule has 0 saturated heterocycles. The average molecular weight is 214 g/mol. The Labute approximate surface area is 89.7 Å². The molecule has 13 heavy (non-hydrogen) atoms. The molecule has 0 bridgehead atoms. The van der Waals surface area contributed by atoms with Crippen LogP contribution in [0, 0.1) is 0 Å². The first-order valence-corrected chi connectivity index (χ1v) is 6.36. The molecule has 1 aromatic heterocycles. The molecular formula is C11H18S2. The van der Waals surface area contributed by atoms with E-state index in [1.54, 1.807) is 0 Å². The summed E-state index contributed by atoms with van der Waals surface area (Å²) in [5.74, 6) is 0. The van der Waals surface area contributed by atoms with Crippen molar-refractivity contribution in [3.05, 3.63) is 17.0 Å². The molecule has 0 aliphatic rings. The van der Waals surface area contributed by atoms with Gasteiger partial charge in [0, 0.05) is 10.1 Å². The minimum atomic E-state index is 0.306. The van der Waals surface area contributed by atoms with Gasteiger partial charge in [-0.1, -0.05) is 34.6 Å². The summed E-state index contributed by atoms with van der Waals surface area (Å²) in [6, 6.07) is 4.51. The lowest BCUT2D eigenvalue weighted by atomic mass is 9.95. The van der Waals surface area contributed by atoms with E-state index in [1.165, 1.54) is 9.09 Å². The van der Waals surface area contributed by atoms with Crippen LogP contribution in [0.4, 0.5) is 0 Å². The zero-order chi connectivity index (χ0) is 10.1. The molecule has 2 heteroatoms. The largest absolute Gasteiger partial charge is 0.133 e. The van der Waals surface area contributed by atoms with Crippen LogP contribution in [0.5, 0.6) is 0 Å². The second-order valence-corrected chi connectivity index (χ2v) is 7.50. The summed E-state index contributed by atoms with van der Waals surface area (Å²) in [5, 5.41) is 0.687. The van der Waals surface area contributed by atoms with E-state index in [9.17, 15) is 0 Å². The number of rotatable bonds is 2. The van der Waals surface area contributed by atoms with Crippen molar-refractivity contribution in [3.8, 4) is 0 Å². The number of hydrogen-bond acceptors (Lipinski definition) is 2. The predicted octanol–water partition coefficient (Wildman–Crippen LogP) is 4.55. The monoisotopic (exact) mass is 214 g/mol. The fraction of sp³-hybridized carbons (Fsp3) is 0.636. The summed E-state index contributed by atoms with van der Waals surface area (Å²) < 4.78 is 1.44. The first-order chi connectivity index (χ1) is 5.89. The smallest absolute Gasteiger partial charge is 0.0604 e. The van der Waals surface area contributed by atoms with Crippen molar-refractivity contribution in [1.29, 1.82) is 0 Å². The van der Waals surface area contributed by atoms with Gasteiger partial charge in [0.05, 0.1) is 4.21 Å². The van der Waals surface area contributed by atoms with Crippen LogP contribution in [0.3, 0.4) is 0 Å². The Kier molecular flexibility index (Phi) is 3.47. The van der Waals surface area contributed by atoms with Crippen molar-refractivity contribution in [1.82, 2.24) is 0 Å². The molecule has 0 fully saturated rings. The maximum atomic E-state index is 2.27. The van der Waals surface area contributed by atoms with Gasteiger partial charge >= 0.3 is 0 Å². The van der Waals surface area contributed by atoms with Gasteiger partial charge in [-0.15, -0.1) is 23.1 Å². The third-order valence-corrected chi connectivity index (χ3v) is 4.36. The topological polar surface area (TPSA) is 0 Å². The van der Waals surface area contributed by atoms with Gasteiger partial charge in [-0.3, -0.25) is 0 Å². The van der Waals surface area contributed by atoms with E-state index in [0.717, 1.165) is 0 Å². The molecule has 0 N–H and O–H groups in total. The van der Waals surface area contributed by atoms with Crippen molar-refractivity contribution in [2.75, 3.05) is 0 Å². The number of thiophene rings is 1. The standard InChI is InChI=1S/C11H18S2/c1-8(2)12-10-7-6-9(13-10)11(3,4)5/h6-8H,1-5H3. The minimum absolute atomic E-state index is 0.306. The molecule has 0 amide bonds. The van der Waals surface area contributed by atoms with Crippen molar-refractivity contribution in [3.63, 3.8) is 0 Å². The Bertz CT molecular complexity index is 266. The van der Waals surface area contributed by atoms with Crippen LogP contribution >= 0.6 is 23.1 Å². The molecule has 1 aromatic rings. The SMILES string of the molecule is CC(C)Sc1ccc(C(C)(C)C)s1. The highest BCUT2D eigenvalue weighted by atomic mass is 32.2. The van der Waals surface area contributed by atoms with E-state index < -0.39 is 0 Å². The summed E-state index contributed by atoms with van der Waals surface area (Å²) in [5.41, 5.74) is 0.306. The van der Waals surface area contributed by atoms with Crippen LogP contribution < -0.4 is 0 Å². The van der Waals surface area contributed by atoms with Gasteiger partial charge in [-0.25, -0.2) is 0 Å². The van der Waals surface area contributed by atoms with E-state index in [-0.39, 0.29) is 0 Å². The molecule has 0 unspecified atom stereocenters. The van der Waals surface area contributed by atoms with E-state index in [2.05, 4.69) is 46.8 Å². The molecule has 0 saturated carbocycles. The fourth-order valence-corrected chi connectivity index (χ4v) is 3.46. The molecule has 1 heterocycles. The van der Waals surface area contributed by atoms with Gasteiger partial charge in [-0.2, -0.15) is 0 Å². The summed E-state index contributed by atoms with van der Waals surface area (Å²) >= 11 is 3.88. The molecule has 0 nitrogen and oxygen atoms in total. The summed E-state index contributed by atoms with van der Waals surface area (Å²) in [6.07, 6.45) is 0. The molecule has 1 rings (SSSR count). The third kappa shape index (κ3) is 3.35. The lowest BCUT2D eigenvalue weighted by molar-refractivity contribution is 0.604. The zero-order valence-corrected chi connectivity index (χ0v) is 10.7. The molecule has 0 atom stereocenters. The molecule has 0 spiro atoms. The zero-order valence-electron chi connectivity index (χ0n) is 9.05. The second-order valence-electron chi connectivity index (χ2n) is 4.54. The summed E-state index contributed by atoms with van der Waals surface area (Å²) in [4.78, 5) is 1.48. The van der Waals surface area contributed by atoms with Crippen LogP contribution in [0.25, 0.3) is 0 Å². The minimum Gasteiger partial charge on any atom is -0.133 e. The Balaban J connectivity index is 2.75. The van der Waals surface area contributed by atoms with Gasteiger partial charge in [0.25, 0.3) is 0 Å². The molecule has 0 aliphatic carbocycles. The van der Waals surface area contributed by atoms with Crippen LogP contribution in [-0.4, -0.2) is 5.25 Å². The predicted molar refractivity (Wildman–Crippen MR) is 64.0 cm³/mol. The third-order valence-electron chi connectivity index (χ3n) is 1.67. The van der Waals surface area contributed by atoms with Crippen molar-refractivity contribution in [2.24, 2.45) is 0 Å². The van der Waals surface area contributed by atoms with Crippen LogP contribution in [0.2, 0.25) is 0 Å². The lowest BCUT2D eigenvalue weighted by Crippen LogP contribution is -2.07. The highest BCUT2D eigenvalue weighted by Gasteiger charge is 2.16. The van der Waals surface area contributed by atoms with E-state index in [0.29, 0.717) is 10.7 Å². The fourth-order valence-electron chi connectivity index (χ4n) is 1.02. The Morgan fingerprint density at radius 2 is 1.85 bits per heavy atom. The van der Waals surface area contributed by atoms with Gasteiger partial charge in [-0.05, 0) is 17.5 Å². The molecular weight excluding hydrogens is 196 g/mol. The van der Waals surface area contributed by atoms with Crippen molar-refractivity contribution in [2.45, 2.75) is 49.5 Å². The highest BCUT2D eigenvalue weighted by Crippen LogP contribution is 2.35. The normalized spacial score (nSPS) is 12.5. The van der Waals surface area contributed by atoms with E-state index in [1.807, 2.05) is 23.1 Å². The van der Waals surface area contributed by atoms with E-state index in [4.69, 9.17) is 0 Å². The molecule has 0 aromatic carbocycles.